The number of nitrogens with zero attached hydrogens (tertiary/aromatic N) is 1. The maximum atomic E-state index is 13.5. The van der Waals surface area contributed by atoms with Gasteiger partial charge in [0.2, 0.25) is 0 Å². The number of anilines is 1. The Labute approximate surface area is 209 Å². The van der Waals surface area contributed by atoms with Gasteiger partial charge in [-0.15, -0.1) is 0 Å². The van der Waals surface area contributed by atoms with Crippen LogP contribution in [0.25, 0.3) is 5.76 Å². The van der Waals surface area contributed by atoms with Crippen molar-refractivity contribution in [2.45, 2.75) is 26.8 Å². The van der Waals surface area contributed by atoms with Gasteiger partial charge in [-0.3, -0.25) is 14.5 Å². The Kier molecular flexibility index (Phi) is 6.85. The Bertz CT molecular complexity index is 1350. The van der Waals surface area contributed by atoms with E-state index < -0.39 is 17.7 Å². The van der Waals surface area contributed by atoms with Crippen LogP contribution in [-0.2, 0) is 9.59 Å². The molecule has 0 saturated carbocycles. The molecule has 1 fully saturated rings. The minimum atomic E-state index is -0.891. The molecule has 0 spiro atoms. The number of ketones is 1. The molecule has 1 unspecified atom stereocenters. The number of halogens is 1. The summed E-state index contributed by atoms with van der Waals surface area (Å²) in [5.74, 6) is -0.847. The van der Waals surface area contributed by atoms with Crippen LogP contribution in [0.5, 0.6) is 11.5 Å². The molecule has 4 rings (SSSR count). The Morgan fingerprint density at radius 2 is 1.80 bits per heavy atom. The first-order valence-corrected chi connectivity index (χ1v) is 11.6. The van der Waals surface area contributed by atoms with E-state index in [0.29, 0.717) is 29.4 Å². The molecular formula is C28H26ClNO5. The Hall–Kier alpha value is -3.77. The van der Waals surface area contributed by atoms with Gasteiger partial charge in [-0.2, -0.15) is 0 Å². The normalized spacial score (nSPS) is 17.1. The smallest absolute Gasteiger partial charge is 0.300 e. The van der Waals surface area contributed by atoms with Crippen LogP contribution in [0.3, 0.4) is 0 Å². The van der Waals surface area contributed by atoms with Gasteiger partial charge >= 0.3 is 0 Å². The molecule has 0 aliphatic carbocycles. The lowest BCUT2D eigenvalue weighted by Gasteiger charge is -2.27. The number of hydrogen-bond donors (Lipinski definition) is 1. The summed E-state index contributed by atoms with van der Waals surface area (Å²) in [5.41, 5.74) is 3.12. The number of rotatable bonds is 6. The summed E-state index contributed by atoms with van der Waals surface area (Å²) in [6.07, 6.45) is 0. The number of hydrogen-bond acceptors (Lipinski definition) is 5. The average molecular weight is 492 g/mol. The summed E-state index contributed by atoms with van der Waals surface area (Å²) >= 11 is 6.42. The zero-order chi connectivity index (χ0) is 25.3. The van der Waals surface area contributed by atoms with E-state index in [1.807, 2.05) is 39.0 Å². The molecule has 0 bridgehead atoms. The van der Waals surface area contributed by atoms with Crippen LogP contribution in [0.4, 0.5) is 5.69 Å². The number of benzene rings is 3. The zero-order valence-electron chi connectivity index (χ0n) is 20.0. The summed E-state index contributed by atoms with van der Waals surface area (Å²) < 4.78 is 10.9. The number of carbonyl (C=O) groups excluding carboxylic acids is 2. The van der Waals surface area contributed by atoms with E-state index in [-0.39, 0.29) is 21.9 Å². The molecule has 180 valence electrons. The largest absolute Gasteiger partial charge is 0.507 e. The Morgan fingerprint density at radius 3 is 2.51 bits per heavy atom. The molecule has 1 aliphatic heterocycles. The van der Waals surface area contributed by atoms with Crippen molar-refractivity contribution < 1.29 is 24.2 Å². The molecule has 1 atom stereocenters. The van der Waals surface area contributed by atoms with Crippen molar-refractivity contribution in [1.82, 2.24) is 0 Å². The van der Waals surface area contributed by atoms with Crippen LogP contribution in [-0.4, -0.2) is 30.5 Å². The lowest BCUT2D eigenvalue weighted by atomic mass is 9.94. The number of ether oxygens (including phenoxy) is 2. The van der Waals surface area contributed by atoms with Gasteiger partial charge in [0.05, 0.1) is 30.4 Å². The predicted molar refractivity (Wildman–Crippen MR) is 136 cm³/mol. The average Bonchev–Trinajstić information content (AvgIpc) is 3.12. The lowest BCUT2D eigenvalue weighted by Crippen LogP contribution is -2.30. The minimum absolute atomic E-state index is 0.0558. The maximum Gasteiger partial charge on any atom is 0.300 e. The van der Waals surface area contributed by atoms with Crippen LogP contribution in [0.1, 0.15) is 35.2 Å². The summed E-state index contributed by atoms with van der Waals surface area (Å²) in [4.78, 5) is 28.3. The summed E-state index contributed by atoms with van der Waals surface area (Å²) in [7, 11) is 1.54. The molecule has 1 amide bonds. The first kappa shape index (κ1) is 24.4. The number of amides is 1. The molecule has 1 saturated heterocycles. The number of aliphatic hydroxyl groups is 1. The Balaban J connectivity index is 2.00. The summed E-state index contributed by atoms with van der Waals surface area (Å²) in [6.45, 7) is 6.05. The van der Waals surface area contributed by atoms with Gasteiger partial charge in [0, 0.05) is 11.3 Å². The first-order valence-electron chi connectivity index (χ1n) is 11.2. The molecule has 6 nitrogen and oxygen atoms in total. The molecule has 3 aromatic rings. The van der Waals surface area contributed by atoms with Gasteiger partial charge in [0.25, 0.3) is 11.7 Å². The molecular weight excluding hydrogens is 466 g/mol. The van der Waals surface area contributed by atoms with Crippen molar-refractivity contribution in [2.24, 2.45) is 0 Å². The van der Waals surface area contributed by atoms with Gasteiger partial charge in [-0.25, -0.2) is 0 Å². The third-order valence-corrected chi connectivity index (χ3v) is 6.31. The number of methoxy groups -OCH3 is 1. The van der Waals surface area contributed by atoms with E-state index in [1.54, 1.807) is 49.6 Å². The summed E-state index contributed by atoms with van der Waals surface area (Å²) in [5, 5.41) is 11.7. The second-order valence-electron chi connectivity index (χ2n) is 8.31. The molecule has 0 radical (unpaired) electrons. The highest BCUT2D eigenvalue weighted by molar-refractivity contribution is 6.52. The fraction of sp³-hybridized carbons (Fsp3) is 0.214. The highest BCUT2D eigenvalue weighted by Gasteiger charge is 2.47. The van der Waals surface area contributed by atoms with Crippen LogP contribution in [0.2, 0.25) is 5.02 Å². The van der Waals surface area contributed by atoms with Crippen LogP contribution < -0.4 is 14.4 Å². The van der Waals surface area contributed by atoms with E-state index in [9.17, 15) is 14.7 Å². The van der Waals surface area contributed by atoms with Gasteiger partial charge in [-0.05, 0) is 73.9 Å². The molecule has 3 aromatic carbocycles. The van der Waals surface area contributed by atoms with Gasteiger partial charge < -0.3 is 14.6 Å². The third kappa shape index (κ3) is 4.49. The summed E-state index contributed by atoms with van der Waals surface area (Å²) in [6, 6.07) is 16.7. The number of aliphatic hydroxyl groups excluding tert-OH is 1. The third-order valence-electron chi connectivity index (χ3n) is 5.98. The fourth-order valence-corrected chi connectivity index (χ4v) is 4.48. The topological polar surface area (TPSA) is 76.1 Å². The number of aryl methyl sites for hydroxylation is 2. The first-order chi connectivity index (χ1) is 16.8. The van der Waals surface area contributed by atoms with Gasteiger partial charge in [0.15, 0.2) is 0 Å². The van der Waals surface area contributed by atoms with E-state index in [2.05, 4.69) is 0 Å². The van der Waals surface area contributed by atoms with Gasteiger partial charge in [-0.1, -0.05) is 35.9 Å². The van der Waals surface area contributed by atoms with Crippen molar-refractivity contribution in [1.29, 1.82) is 0 Å². The Morgan fingerprint density at radius 1 is 1.03 bits per heavy atom. The van der Waals surface area contributed by atoms with Crippen molar-refractivity contribution in [3.63, 3.8) is 0 Å². The molecule has 7 heteroatoms. The molecule has 1 heterocycles. The fourth-order valence-electron chi connectivity index (χ4n) is 4.27. The van der Waals surface area contributed by atoms with Crippen molar-refractivity contribution in [3.05, 3.63) is 93.5 Å². The number of Topliss-reactive ketones (excluding diaryl/α,β-unsaturated/α-hetero) is 1. The monoisotopic (exact) mass is 491 g/mol. The molecule has 1 aliphatic rings. The van der Waals surface area contributed by atoms with Crippen molar-refractivity contribution in [3.8, 4) is 11.5 Å². The number of carbonyl (C=O) groups is 2. The van der Waals surface area contributed by atoms with E-state index in [1.165, 1.54) is 4.90 Å². The van der Waals surface area contributed by atoms with Crippen molar-refractivity contribution in [2.75, 3.05) is 18.6 Å². The molecule has 1 N–H and O–H groups in total. The lowest BCUT2D eigenvalue weighted by molar-refractivity contribution is -0.132. The highest BCUT2D eigenvalue weighted by atomic mass is 35.5. The predicted octanol–water partition coefficient (Wildman–Crippen LogP) is 5.99. The highest BCUT2D eigenvalue weighted by Crippen LogP contribution is 2.44. The van der Waals surface area contributed by atoms with E-state index in [4.69, 9.17) is 21.1 Å². The maximum absolute atomic E-state index is 13.5. The molecule has 35 heavy (non-hydrogen) atoms. The van der Waals surface area contributed by atoms with Crippen molar-refractivity contribution >= 4 is 34.7 Å². The molecule has 0 aromatic heterocycles. The second-order valence-corrected chi connectivity index (χ2v) is 8.72. The quantitative estimate of drug-likeness (QED) is 0.260. The van der Waals surface area contributed by atoms with Crippen LogP contribution >= 0.6 is 11.6 Å². The minimum Gasteiger partial charge on any atom is -0.507 e. The van der Waals surface area contributed by atoms with E-state index >= 15 is 0 Å². The zero-order valence-corrected chi connectivity index (χ0v) is 20.7. The standard InChI is InChI=1S/C28H26ClNO5/c1-5-35-20-11-12-22(29)21(15-20)26(31)24-25(18-7-6-8-19(14-18)34-4)30(28(33)27(24)32)23-13-16(2)9-10-17(23)3/h6-15,25,31H,5H2,1-4H3/b26-24+. The van der Waals surface area contributed by atoms with Crippen LogP contribution in [0, 0.1) is 13.8 Å². The SMILES string of the molecule is CCOc1ccc(Cl)c(/C(O)=C2\C(=O)C(=O)N(c3cc(C)ccc3C)C2c2cccc(OC)c2)c1. The van der Waals surface area contributed by atoms with Crippen LogP contribution in [0.15, 0.2) is 66.2 Å². The van der Waals surface area contributed by atoms with Gasteiger partial charge in [0.1, 0.15) is 17.3 Å². The second kappa shape index (κ2) is 9.84. The van der Waals surface area contributed by atoms with E-state index in [0.717, 1.165) is 11.1 Å².